The molecule has 1 atom stereocenters. The molecule has 4 nitrogen and oxygen atoms in total. The second-order valence-corrected chi connectivity index (χ2v) is 14.7. The van der Waals surface area contributed by atoms with Crippen LogP contribution in [0.25, 0.3) is 0 Å². The molecular weight excluding hydrogens is 342 g/mol. The van der Waals surface area contributed by atoms with Gasteiger partial charge in [-0.3, -0.25) is 9.78 Å². The van der Waals surface area contributed by atoms with Gasteiger partial charge in [-0.2, -0.15) is 0 Å². The quantitative estimate of drug-likeness (QED) is 0.556. The van der Waals surface area contributed by atoms with Crippen LogP contribution >= 0.6 is 0 Å². The van der Waals surface area contributed by atoms with E-state index in [0.717, 1.165) is 30.5 Å². The Balaban J connectivity index is 2.02. The topological polar surface area (TPSA) is 48.4 Å². The first-order chi connectivity index (χ1) is 11.8. The van der Waals surface area contributed by atoms with Gasteiger partial charge in [-0.1, -0.05) is 26.8 Å². The third kappa shape index (κ3) is 5.65. The van der Waals surface area contributed by atoms with Gasteiger partial charge >= 0.3 is 5.97 Å². The van der Waals surface area contributed by atoms with Gasteiger partial charge < -0.3 is 9.16 Å². The maximum absolute atomic E-state index is 12.0. The average molecular weight is 378 g/mol. The number of hydrogen-bond donors (Lipinski definition) is 0. The van der Waals surface area contributed by atoms with E-state index in [2.05, 4.69) is 44.9 Å². The fourth-order valence-electron chi connectivity index (χ4n) is 2.96. The predicted octanol–water partition coefficient (Wildman–Crippen LogP) is 4.84. The van der Waals surface area contributed by atoms with Gasteiger partial charge in [0.05, 0.1) is 12.5 Å². The van der Waals surface area contributed by atoms with Gasteiger partial charge in [-0.05, 0) is 62.9 Å². The zero-order valence-corrected chi connectivity index (χ0v) is 18.7. The Morgan fingerprint density at radius 1 is 1.23 bits per heavy atom. The zero-order chi connectivity index (χ0) is 19.8. The van der Waals surface area contributed by atoms with E-state index in [0.29, 0.717) is 0 Å². The van der Waals surface area contributed by atoms with Crippen molar-refractivity contribution in [2.75, 3.05) is 0 Å². The van der Waals surface area contributed by atoms with Gasteiger partial charge in [0.1, 0.15) is 5.60 Å². The van der Waals surface area contributed by atoms with Crippen LogP contribution in [0.5, 0.6) is 0 Å². The van der Waals surface area contributed by atoms with Crippen molar-refractivity contribution in [1.29, 1.82) is 0 Å². The van der Waals surface area contributed by atoms with Crippen LogP contribution in [0.3, 0.4) is 0 Å². The van der Waals surface area contributed by atoms with Crippen molar-refractivity contribution in [2.24, 2.45) is 0 Å². The Bertz CT molecular complexity index is 656. The Morgan fingerprint density at radius 3 is 2.46 bits per heavy atom. The number of rotatable bonds is 4. The number of aryl methyl sites for hydroxylation is 1. The highest BCUT2D eigenvalue weighted by molar-refractivity contribution is 6.74. The Labute approximate surface area is 159 Å². The summed E-state index contributed by atoms with van der Waals surface area (Å²) in [6.07, 6.45) is 5.21. The van der Waals surface area contributed by atoms with Crippen molar-refractivity contribution in [3.05, 3.63) is 29.1 Å². The fourth-order valence-corrected chi connectivity index (χ4v) is 4.35. The lowest BCUT2D eigenvalue weighted by atomic mass is 9.92. The lowest BCUT2D eigenvalue weighted by molar-refractivity contribution is -0.153. The first-order valence-corrected chi connectivity index (χ1v) is 12.5. The maximum atomic E-state index is 12.0. The number of pyridine rings is 1. The molecule has 1 aromatic heterocycles. The fraction of sp³-hybridized carbons (Fsp3) is 0.714. The number of esters is 1. The van der Waals surface area contributed by atoms with E-state index in [1.807, 2.05) is 27.0 Å². The van der Waals surface area contributed by atoms with Crippen LogP contribution in [-0.2, 0) is 33.2 Å². The highest BCUT2D eigenvalue weighted by Gasteiger charge is 2.39. The Hall–Kier alpha value is -1.20. The largest absolute Gasteiger partial charge is 0.460 e. The van der Waals surface area contributed by atoms with E-state index in [1.54, 1.807) is 0 Å². The molecule has 0 spiro atoms. The van der Waals surface area contributed by atoms with Crippen LogP contribution in [-0.4, -0.2) is 31.0 Å². The summed E-state index contributed by atoms with van der Waals surface area (Å²) in [5.41, 5.74) is 2.85. The number of carbonyl (C=O) groups is 1. The summed E-state index contributed by atoms with van der Waals surface area (Å²) in [4.78, 5) is 16.7. The summed E-state index contributed by atoms with van der Waals surface area (Å²) in [5, 5.41) is 0.220. The van der Waals surface area contributed by atoms with Crippen molar-refractivity contribution in [2.45, 2.75) is 97.1 Å². The van der Waals surface area contributed by atoms with Gasteiger partial charge in [0.25, 0.3) is 0 Å². The summed E-state index contributed by atoms with van der Waals surface area (Å²) in [6, 6.07) is 2.12. The Morgan fingerprint density at radius 2 is 1.88 bits per heavy atom. The molecule has 0 saturated carbocycles. The number of hydrogen-bond acceptors (Lipinski definition) is 4. The molecule has 0 aromatic carbocycles. The van der Waals surface area contributed by atoms with Crippen LogP contribution in [0.4, 0.5) is 0 Å². The van der Waals surface area contributed by atoms with E-state index in [9.17, 15) is 4.79 Å². The molecule has 1 heterocycles. The van der Waals surface area contributed by atoms with Crippen LogP contribution in [0.15, 0.2) is 12.3 Å². The Kier molecular flexibility index (Phi) is 6.03. The summed E-state index contributed by atoms with van der Waals surface area (Å²) < 4.78 is 12.0. The first-order valence-electron chi connectivity index (χ1n) is 9.63. The van der Waals surface area contributed by atoms with Crippen molar-refractivity contribution in [3.63, 3.8) is 0 Å². The molecule has 5 heteroatoms. The molecular formula is C21H35NO3Si. The van der Waals surface area contributed by atoms with Gasteiger partial charge in [0.2, 0.25) is 0 Å². The lowest BCUT2D eigenvalue weighted by Gasteiger charge is -2.40. The third-order valence-electron chi connectivity index (χ3n) is 5.31. The van der Waals surface area contributed by atoms with Crippen molar-refractivity contribution in [1.82, 2.24) is 4.98 Å². The molecule has 0 bridgehead atoms. The van der Waals surface area contributed by atoms with Crippen LogP contribution in [0, 0.1) is 0 Å². The number of aromatic nitrogens is 1. The normalized spacial score (nSPS) is 18.4. The molecule has 0 N–H and O–H groups in total. The zero-order valence-electron chi connectivity index (χ0n) is 17.7. The molecule has 0 aliphatic heterocycles. The van der Waals surface area contributed by atoms with E-state index in [4.69, 9.17) is 9.16 Å². The molecule has 2 rings (SSSR count). The summed E-state index contributed by atoms with van der Waals surface area (Å²) in [5.74, 6) is -0.200. The van der Waals surface area contributed by atoms with E-state index in [-0.39, 0.29) is 23.5 Å². The van der Waals surface area contributed by atoms with Gasteiger partial charge in [0.15, 0.2) is 8.32 Å². The second-order valence-electron chi connectivity index (χ2n) is 9.96. The van der Waals surface area contributed by atoms with Crippen molar-refractivity contribution in [3.8, 4) is 0 Å². The van der Waals surface area contributed by atoms with E-state index in [1.165, 1.54) is 5.56 Å². The molecule has 1 aliphatic rings. The predicted molar refractivity (Wildman–Crippen MR) is 108 cm³/mol. The molecule has 0 saturated heterocycles. The summed E-state index contributed by atoms with van der Waals surface area (Å²) in [7, 11) is -1.76. The van der Waals surface area contributed by atoms with Crippen LogP contribution in [0.2, 0.25) is 18.1 Å². The summed E-state index contributed by atoms with van der Waals surface area (Å²) in [6.45, 7) is 17.1. The molecule has 0 amide bonds. The smallest absolute Gasteiger partial charge is 0.310 e. The van der Waals surface area contributed by atoms with Gasteiger partial charge in [-0.25, -0.2) is 0 Å². The standard InChI is InChI=1S/C21H35NO3Si/c1-20(2,3)24-19(23)12-15-11-16-9-10-17(13-18(16)22-14-15)25-26(7,8)21(4,5)6/h11,14,17H,9-10,12-13H2,1-8H3. The maximum Gasteiger partial charge on any atom is 0.310 e. The lowest BCUT2D eigenvalue weighted by Crippen LogP contribution is -2.45. The third-order valence-corrected chi connectivity index (χ3v) is 9.84. The number of nitrogens with zero attached hydrogens (tertiary/aromatic N) is 1. The molecule has 146 valence electrons. The molecule has 1 unspecified atom stereocenters. The molecule has 1 aliphatic carbocycles. The SMILES string of the molecule is CC(C)(C)OC(=O)Cc1cnc2c(c1)CCC(O[Si](C)(C)C(C)(C)C)C2. The average Bonchev–Trinajstić information content (AvgIpc) is 2.43. The monoisotopic (exact) mass is 377 g/mol. The highest BCUT2D eigenvalue weighted by Crippen LogP contribution is 2.38. The molecule has 0 fully saturated rings. The highest BCUT2D eigenvalue weighted by atomic mass is 28.4. The van der Waals surface area contributed by atoms with E-state index >= 15 is 0 Å². The number of carbonyl (C=O) groups excluding carboxylic acids is 1. The molecule has 0 radical (unpaired) electrons. The van der Waals surface area contributed by atoms with Crippen LogP contribution < -0.4 is 0 Å². The molecule has 1 aromatic rings. The minimum absolute atomic E-state index is 0.200. The van der Waals surface area contributed by atoms with Gasteiger partial charge in [0, 0.05) is 18.3 Å². The number of fused-ring (bicyclic) bond motifs is 1. The minimum Gasteiger partial charge on any atom is -0.460 e. The first kappa shape index (κ1) is 21.1. The van der Waals surface area contributed by atoms with Crippen molar-refractivity contribution >= 4 is 14.3 Å². The second kappa shape index (κ2) is 7.43. The number of ether oxygens (including phenoxy) is 1. The van der Waals surface area contributed by atoms with Crippen molar-refractivity contribution < 1.29 is 14.0 Å². The molecule has 26 heavy (non-hydrogen) atoms. The van der Waals surface area contributed by atoms with Gasteiger partial charge in [-0.15, -0.1) is 0 Å². The van der Waals surface area contributed by atoms with E-state index < -0.39 is 13.9 Å². The minimum atomic E-state index is -1.76. The van der Waals surface area contributed by atoms with Crippen LogP contribution in [0.1, 0.15) is 64.8 Å². The summed E-state index contributed by atoms with van der Waals surface area (Å²) >= 11 is 0.